The summed E-state index contributed by atoms with van der Waals surface area (Å²) in [6, 6.07) is 1.13. The van der Waals surface area contributed by atoms with Gasteiger partial charge in [0.1, 0.15) is 0 Å². The van der Waals surface area contributed by atoms with Crippen molar-refractivity contribution in [2.24, 2.45) is 11.8 Å². The van der Waals surface area contributed by atoms with Crippen LogP contribution in [-0.4, -0.2) is 15.9 Å². The molecule has 1 fully saturated rings. The molecule has 1 radical (unpaired) electrons. The van der Waals surface area contributed by atoms with E-state index in [0.29, 0.717) is 0 Å². The molecule has 0 aromatic rings. The Labute approximate surface area is 127 Å². The molecule has 0 saturated heterocycles. The zero-order valence-electron chi connectivity index (χ0n) is 13.9. The van der Waals surface area contributed by atoms with E-state index in [9.17, 15) is 0 Å². The molecule has 3 heteroatoms. The predicted molar refractivity (Wildman–Crippen MR) is 87.7 cm³/mol. The number of unbranched alkanes of at least 4 members (excludes halogenated alkanes) is 1. The highest BCUT2D eigenvalue weighted by molar-refractivity contribution is 6.44. The molecule has 1 aliphatic rings. The van der Waals surface area contributed by atoms with Crippen molar-refractivity contribution in [2.45, 2.75) is 78.7 Å². The summed E-state index contributed by atoms with van der Waals surface area (Å²) in [5, 5.41) is 0. The van der Waals surface area contributed by atoms with Crippen LogP contribution in [0.3, 0.4) is 0 Å². The van der Waals surface area contributed by atoms with Gasteiger partial charge in [-0.2, -0.15) is 0 Å². The summed E-state index contributed by atoms with van der Waals surface area (Å²) < 4.78 is 12.0. The fourth-order valence-electron chi connectivity index (χ4n) is 2.62. The van der Waals surface area contributed by atoms with E-state index in [2.05, 4.69) is 33.8 Å². The largest absolute Gasteiger partial charge is 0.523 e. The molecular weight excluding hydrogens is 264 g/mol. The Hall–Kier alpha value is -0.283. The summed E-state index contributed by atoms with van der Waals surface area (Å²) >= 11 is 0. The number of rotatable bonds is 11. The van der Waals surface area contributed by atoms with Crippen LogP contribution in [-0.2, 0) is 8.85 Å². The Morgan fingerprint density at radius 2 is 2.05 bits per heavy atom. The molecule has 20 heavy (non-hydrogen) atoms. The van der Waals surface area contributed by atoms with Crippen molar-refractivity contribution in [3.05, 3.63) is 11.8 Å². The van der Waals surface area contributed by atoms with Crippen molar-refractivity contribution in [3.8, 4) is 0 Å². The summed E-state index contributed by atoms with van der Waals surface area (Å²) in [6.45, 7) is 9.52. The Bertz CT molecular complexity index is 274. The summed E-state index contributed by atoms with van der Waals surface area (Å²) in [6.07, 6.45) is 11.6. The third-order valence-electron chi connectivity index (χ3n) is 4.20. The van der Waals surface area contributed by atoms with Crippen LogP contribution in [0, 0.1) is 11.8 Å². The van der Waals surface area contributed by atoms with E-state index in [0.717, 1.165) is 30.2 Å². The molecule has 0 bridgehead atoms. The van der Waals surface area contributed by atoms with E-state index in [1.165, 1.54) is 44.9 Å². The van der Waals surface area contributed by atoms with Gasteiger partial charge in [-0.1, -0.05) is 46.0 Å². The third kappa shape index (κ3) is 6.94. The van der Waals surface area contributed by atoms with Crippen LogP contribution >= 0.6 is 0 Å². The lowest BCUT2D eigenvalue weighted by molar-refractivity contribution is 0.235. The normalized spacial score (nSPS) is 18.1. The van der Waals surface area contributed by atoms with E-state index >= 15 is 0 Å². The molecule has 0 spiro atoms. The van der Waals surface area contributed by atoms with E-state index in [1.807, 2.05) is 0 Å². The van der Waals surface area contributed by atoms with Gasteiger partial charge in [-0.05, 0) is 44.6 Å². The molecule has 117 valence electrons. The molecule has 0 heterocycles. The van der Waals surface area contributed by atoms with E-state index in [-0.39, 0.29) is 0 Å². The topological polar surface area (TPSA) is 18.5 Å². The fraction of sp³-hybridized carbons (Fsp3) is 0.882. The molecule has 1 atom stereocenters. The first kappa shape index (κ1) is 17.8. The lowest BCUT2D eigenvalue weighted by Crippen LogP contribution is -2.25. The summed E-state index contributed by atoms with van der Waals surface area (Å²) in [5.74, 6) is 2.64. The van der Waals surface area contributed by atoms with E-state index in [4.69, 9.17) is 8.85 Å². The van der Waals surface area contributed by atoms with Gasteiger partial charge in [0.2, 0.25) is 0 Å². The minimum Gasteiger partial charge on any atom is -0.523 e. The second kappa shape index (κ2) is 10.4. The average Bonchev–Trinajstić information content (AvgIpc) is 2.39. The molecule has 1 aliphatic carbocycles. The molecule has 2 nitrogen and oxygen atoms in total. The van der Waals surface area contributed by atoms with Crippen molar-refractivity contribution in [3.63, 3.8) is 0 Å². The van der Waals surface area contributed by atoms with Crippen LogP contribution in [0.5, 0.6) is 0 Å². The summed E-state index contributed by atoms with van der Waals surface area (Å²) in [7, 11) is -1.13. The minimum absolute atomic E-state index is 0.766. The second-order valence-corrected chi connectivity index (χ2v) is 7.64. The van der Waals surface area contributed by atoms with Crippen LogP contribution in [0.15, 0.2) is 11.8 Å². The van der Waals surface area contributed by atoms with Crippen molar-refractivity contribution in [2.75, 3.05) is 6.61 Å². The lowest BCUT2D eigenvalue weighted by atomic mass is 9.85. The van der Waals surface area contributed by atoms with Crippen LogP contribution in [0.4, 0.5) is 0 Å². The van der Waals surface area contributed by atoms with Crippen molar-refractivity contribution in [1.29, 1.82) is 0 Å². The standard InChI is InChI=1S/C17H33O2Si/c1-5-8-10-16(6-2)14-20(18-7-3)19-15(4)13-17-11-9-12-17/h13,16-17H,5-12,14H2,1-4H3. The minimum atomic E-state index is -1.13. The molecule has 0 aromatic carbocycles. The number of hydrogen-bond donors (Lipinski definition) is 0. The van der Waals surface area contributed by atoms with Gasteiger partial charge < -0.3 is 8.85 Å². The highest BCUT2D eigenvalue weighted by Gasteiger charge is 2.23. The maximum atomic E-state index is 6.15. The Balaban J connectivity index is 2.42. The Kier molecular flexibility index (Phi) is 9.28. The Morgan fingerprint density at radius 1 is 1.30 bits per heavy atom. The van der Waals surface area contributed by atoms with Crippen molar-refractivity contribution >= 4 is 9.28 Å². The maximum absolute atomic E-state index is 6.15. The first-order valence-corrected chi connectivity index (χ1v) is 10.1. The van der Waals surface area contributed by atoms with Crippen LogP contribution in [0.1, 0.15) is 72.6 Å². The SMILES string of the molecule is CCCCC(CC)C[Si](OCC)OC(C)=CC1CCC1. The molecule has 1 rings (SSSR count). The smallest absolute Gasteiger partial charge is 0.457 e. The number of hydrogen-bond acceptors (Lipinski definition) is 2. The quantitative estimate of drug-likeness (QED) is 0.373. The van der Waals surface area contributed by atoms with E-state index in [1.54, 1.807) is 0 Å². The molecule has 1 unspecified atom stereocenters. The van der Waals surface area contributed by atoms with Crippen molar-refractivity contribution in [1.82, 2.24) is 0 Å². The number of allylic oxidation sites excluding steroid dienone is 2. The summed E-state index contributed by atoms with van der Waals surface area (Å²) in [5.41, 5.74) is 0. The van der Waals surface area contributed by atoms with Gasteiger partial charge in [0.25, 0.3) is 0 Å². The first-order valence-electron chi connectivity index (χ1n) is 8.54. The maximum Gasteiger partial charge on any atom is 0.457 e. The van der Waals surface area contributed by atoms with Gasteiger partial charge in [-0.15, -0.1) is 0 Å². The van der Waals surface area contributed by atoms with Crippen LogP contribution < -0.4 is 0 Å². The van der Waals surface area contributed by atoms with Gasteiger partial charge in [0, 0.05) is 12.7 Å². The molecule has 0 amide bonds. The fourth-order valence-corrected chi connectivity index (χ4v) is 4.60. The van der Waals surface area contributed by atoms with Gasteiger partial charge in [-0.3, -0.25) is 0 Å². The van der Waals surface area contributed by atoms with Crippen LogP contribution in [0.2, 0.25) is 6.04 Å². The molecule has 0 aromatic heterocycles. The molecule has 1 saturated carbocycles. The van der Waals surface area contributed by atoms with Gasteiger partial charge in [-0.25, -0.2) is 0 Å². The van der Waals surface area contributed by atoms with E-state index < -0.39 is 9.28 Å². The monoisotopic (exact) mass is 297 g/mol. The lowest BCUT2D eigenvalue weighted by Gasteiger charge is -2.25. The van der Waals surface area contributed by atoms with Gasteiger partial charge in [0.15, 0.2) is 0 Å². The average molecular weight is 298 g/mol. The second-order valence-electron chi connectivity index (χ2n) is 6.00. The van der Waals surface area contributed by atoms with Crippen molar-refractivity contribution < 1.29 is 8.85 Å². The molecule has 0 aliphatic heterocycles. The van der Waals surface area contributed by atoms with Crippen LogP contribution in [0.25, 0.3) is 0 Å². The molecular formula is C17H33O2Si. The van der Waals surface area contributed by atoms with Gasteiger partial charge in [0.05, 0.1) is 5.76 Å². The molecule has 0 N–H and O–H groups in total. The highest BCUT2D eigenvalue weighted by atomic mass is 28.3. The third-order valence-corrected chi connectivity index (χ3v) is 6.27. The first-order chi connectivity index (χ1) is 9.69. The zero-order valence-corrected chi connectivity index (χ0v) is 14.9. The Morgan fingerprint density at radius 3 is 2.55 bits per heavy atom. The van der Waals surface area contributed by atoms with Gasteiger partial charge >= 0.3 is 9.28 Å². The highest BCUT2D eigenvalue weighted by Crippen LogP contribution is 2.29. The zero-order chi connectivity index (χ0) is 14.8. The summed E-state index contributed by atoms with van der Waals surface area (Å²) in [4.78, 5) is 0. The predicted octanol–water partition coefficient (Wildman–Crippen LogP) is 5.45.